The summed E-state index contributed by atoms with van der Waals surface area (Å²) in [6.45, 7) is 2.24. The van der Waals surface area contributed by atoms with Gasteiger partial charge < -0.3 is 9.64 Å². The lowest BCUT2D eigenvalue weighted by molar-refractivity contribution is 0.415. The lowest BCUT2D eigenvalue weighted by Crippen LogP contribution is -2.17. The molecule has 0 saturated carbocycles. The molecule has 15 heavy (non-hydrogen) atoms. The van der Waals surface area contributed by atoms with Crippen molar-refractivity contribution in [2.75, 3.05) is 25.6 Å². The van der Waals surface area contributed by atoms with E-state index in [9.17, 15) is 0 Å². The van der Waals surface area contributed by atoms with Crippen molar-refractivity contribution in [2.24, 2.45) is 0 Å². The van der Waals surface area contributed by atoms with Crippen LogP contribution >= 0.6 is 11.6 Å². The maximum absolute atomic E-state index is 8.63. The molecule has 0 unspecified atom stereocenters. The van der Waals surface area contributed by atoms with Crippen LogP contribution in [0.1, 0.15) is 5.56 Å². The number of nitrogens with zero attached hydrogens (tertiary/aromatic N) is 2. The second-order valence-corrected chi connectivity index (χ2v) is 3.69. The number of nitriles is 1. The molecule has 0 aliphatic carbocycles. The Kier molecular flexibility index (Phi) is 3.81. The Balaban J connectivity index is 3.16. The molecule has 1 aromatic carbocycles. The predicted octanol–water partition coefficient (Wildman–Crippen LogP) is 2.62. The van der Waals surface area contributed by atoms with E-state index in [0.29, 0.717) is 17.3 Å². The zero-order valence-corrected chi connectivity index (χ0v) is 9.80. The Bertz CT molecular complexity index is 398. The SMILES string of the molecule is COc1cc(Cl)c(C)cc1N(C)CC#N. The number of methoxy groups -OCH3 is 1. The van der Waals surface area contributed by atoms with E-state index in [0.717, 1.165) is 11.3 Å². The van der Waals surface area contributed by atoms with E-state index in [2.05, 4.69) is 6.07 Å². The van der Waals surface area contributed by atoms with Crippen LogP contribution in [0.4, 0.5) is 5.69 Å². The summed E-state index contributed by atoms with van der Waals surface area (Å²) in [6, 6.07) is 5.77. The van der Waals surface area contributed by atoms with Crippen LogP contribution in [0.25, 0.3) is 0 Å². The van der Waals surface area contributed by atoms with Crippen LogP contribution in [0.2, 0.25) is 5.02 Å². The number of benzene rings is 1. The third-order valence-electron chi connectivity index (χ3n) is 2.18. The molecule has 1 aromatic rings. The summed E-state index contributed by atoms with van der Waals surface area (Å²) >= 11 is 5.98. The first-order valence-corrected chi connectivity index (χ1v) is 4.90. The summed E-state index contributed by atoms with van der Waals surface area (Å²) in [4.78, 5) is 1.82. The summed E-state index contributed by atoms with van der Waals surface area (Å²) < 4.78 is 5.21. The third-order valence-corrected chi connectivity index (χ3v) is 2.59. The van der Waals surface area contributed by atoms with Gasteiger partial charge in [0.05, 0.1) is 18.9 Å². The predicted molar refractivity (Wildman–Crippen MR) is 61.6 cm³/mol. The molecule has 4 heteroatoms. The molecule has 3 nitrogen and oxygen atoms in total. The lowest BCUT2D eigenvalue weighted by atomic mass is 10.2. The van der Waals surface area contributed by atoms with Crippen molar-refractivity contribution in [2.45, 2.75) is 6.92 Å². The summed E-state index contributed by atoms with van der Waals surface area (Å²) in [7, 11) is 3.43. The Morgan fingerprint density at radius 3 is 2.73 bits per heavy atom. The fourth-order valence-corrected chi connectivity index (χ4v) is 1.45. The van der Waals surface area contributed by atoms with E-state index in [1.807, 2.05) is 24.9 Å². The molecule has 0 radical (unpaired) electrons. The van der Waals surface area contributed by atoms with Gasteiger partial charge in [-0.25, -0.2) is 0 Å². The normalized spacial score (nSPS) is 9.53. The second kappa shape index (κ2) is 4.90. The topological polar surface area (TPSA) is 36.3 Å². The van der Waals surface area contributed by atoms with E-state index < -0.39 is 0 Å². The van der Waals surface area contributed by atoms with Gasteiger partial charge in [-0.1, -0.05) is 11.6 Å². The standard InChI is InChI=1S/C11H13ClN2O/c1-8-6-10(14(2)5-4-13)11(15-3)7-9(8)12/h6-7H,5H2,1-3H3. The highest BCUT2D eigenvalue weighted by Gasteiger charge is 2.10. The van der Waals surface area contributed by atoms with Gasteiger partial charge in [-0.2, -0.15) is 5.26 Å². The summed E-state index contributed by atoms with van der Waals surface area (Å²) in [5.74, 6) is 0.684. The highest BCUT2D eigenvalue weighted by Crippen LogP contribution is 2.32. The molecule has 0 bridgehead atoms. The average molecular weight is 225 g/mol. The molecule has 0 atom stereocenters. The minimum atomic E-state index is 0.317. The molecule has 0 amide bonds. The molecule has 0 aliphatic heterocycles. The molecule has 0 fully saturated rings. The van der Waals surface area contributed by atoms with Crippen molar-refractivity contribution in [1.82, 2.24) is 0 Å². The molecule has 1 rings (SSSR count). The van der Waals surface area contributed by atoms with Gasteiger partial charge in [0.2, 0.25) is 0 Å². The molecular formula is C11H13ClN2O. The van der Waals surface area contributed by atoms with Gasteiger partial charge in [0.1, 0.15) is 12.3 Å². The third kappa shape index (κ3) is 2.54. The van der Waals surface area contributed by atoms with Crippen LogP contribution in [0.3, 0.4) is 0 Å². The first-order valence-electron chi connectivity index (χ1n) is 4.52. The monoisotopic (exact) mass is 224 g/mol. The van der Waals surface area contributed by atoms with Gasteiger partial charge in [0.15, 0.2) is 0 Å². The van der Waals surface area contributed by atoms with Crippen molar-refractivity contribution in [3.63, 3.8) is 0 Å². The van der Waals surface area contributed by atoms with Crippen LogP contribution in [-0.4, -0.2) is 20.7 Å². The second-order valence-electron chi connectivity index (χ2n) is 3.29. The minimum Gasteiger partial charge on any atom is -0.495 e. The molecular weight excluding hydrogens is 212 g/mol. The van der Waals surface area contributed by atoms with Crippen molar-refractivity contribution in [3.05, 3.63) is 22.7 Å². The maximum atomic E-state index is 8.63. The van der Waals surface area contributed by atoms with E-state index in [1.165, 1.54) is 0 Å². The van der Waals surface area contributed by atoms with E-state index in [-0.39, 0.29) is 0 Å². The molecule has 0 spiro atoms. The first kappa shape index (κ1) is 11.7. The Labute approximate surface area is 94.8 Å². The number of hydrogen-bond donors (Lipinski definition) is 0. The van der Waals surface area contributed by atoms with E-state index in [1.54, 1.807) is 13.2 Å². The fraction of sp³-hybridized carbons (Fsp3) is 0.364. The van der Waals surface area contributed by atoms with Crippen molar-refractivity contribution in [1.29, 1.82) is 5.26 Å². The highest BCUT2D eigenvalue weighted by molar-refractivity contribution is 6.31. The largest absolute Gasteiger partial charge is 0.495 e. The first-order chi connectivity index (χ1) is 7.10. The number of halogens is 1. The maximum Gasteiger partial charge on any atom is 0.143 e. The molecule has 80 valence electrons. The number of rotatable bonds is 3. The molecule has 0 N–H and O–H groups in total. The van der Waals surface area contributed by atoms with Gasteiger partial charge in [0.25, 0.3) is 0 Å². The summed E-state index contributed by atoms with van der Waals surface area (Å²) in [6.07, 6.45) is 0. The number of ether oxygens (including phenoxy) is 1. The summed E-state index contributed by atoms with van der Waals surface area (Å²) in [5.41, 5.74) is 1.85. The fourth-order valence-electron chi connectivity index (χ4n) is 1.30. The highest BCUT2D eigenvalue weighted by atomic mass is 35.5. The minimum absolute atomic E-state index is 0.317. The number of hydrogen-bond acceptors (Lipinski definition) is 3. The van der Waals surface area contributed by atoms with E-state index >= 15 is 0 Å². The van der Waals surface area contributed by atoms with Crippen LogP contribution < -0.4 is 9.64 Å². The van der Waals surface area contributed by atoms with E-state index in [4.69, 9.17) is 21.6 Å². The smallest absolute Gasteiger partial charge is 0.143 e. The van der Waals surface area contributed by atoms with Crippen molar-refractivity contribution in [3.8, 4) is 11.8 Å². The van der Waals surface area contributed by atoms with Gasteiger partial charge in [-0.15, -0.1) is 0 Å². The Hall–Kier alpha value is -1.40. The summed E-state index contributed by atoms with van der Waals surface area (Å²) in [5, 5.41) is 9.29. The van der Waals surface area contributed by atoms with Crippen LogP contribution in [0.15, 0.2) is 12.1 Å². The van der Waals surface area contributed by atoms with Gasteiger partial charge >= 0.3 is 0 Å². The molecule has 0 aromatic heterocycles. The molecule has 0 heterocycles. The van der Waals surface area contributed by atoms with Crippen LogP contribution in [0.5, 0.6) is 5.75 Å². The molecule has 0 aliphatic rings. The Morgan fingerprint density at radius 1 is 1.53 bits per heavy atom. The van der Waals surface area contributed by atoms with Gasteiger partial charge in [0, 0.05) is 18.1 Å². The van der Waals surface area contributed by atoms with Crippen LogP contribution in [0, 0.1) is 18.3 Å². The van der Waals surface area contributed by atoms with Crippen molar-refractivity contribution >= 4 is 17.3 Å². The van der Waals surface area contributed by atoms with Crippen molar-refractivity contribution < 1.29 is 4.74 Å². The zero-order chi connectivity index (χ0) is 11.4. The quantitative estimate of drug-likeness (QED) is 0.741. The average Bonchev–Trinajstić information content (AvgIpc) is 2.21. The number of aryl methyl sites for hydroxylation is 1. The lowest BCUT2D eigenvalue weighted by Gasteiger charge is -2.19. The van der Waals surface area contributed by atoms with Gasteiger partial charge in [-0.3, -0.25) is 0 Å². The number of anilines is 1. The van der Waals surface area contributed by atoms with Crippen LogP contribution in [-0.2, 0) is 0 Å². The molecule has 0 saturated heterocycles. The zero-order valence-electron chi connectivity index (χ0n) is 9.04. The Morgan fingerprint density at radius 2 is 2.20 bits per heavy atom. The van der Waals surface area contributed by atoms with Gasteiger partial charge in [-0.05, 0) is 18.6 Å².